The summed E-state index contributed by atoms with van der Waals surface area (Å²) in [6, 6.07) is 5.08. The van der Waals surface area contributed by atoms with Crippen molar-refractivity contribution in [3.05, 3.63) is 40.8 Å². The zero-order chi connectivity index (χ0) is 15.4. The maximum Gasteiger partial charge on any atom is 0.238 e. The Morgan fingerprint density at radius 3 is 2.71 bits per heavy atom. The van der Waals surface area contributed by atoms with E-state index in [9.17, 15) is 4.39 Å². The van der Waals surface area contributed by atoms with E-state index in [0.29, 0.717) is 17.2 Å². The highest BCUT2D eigenvalue weighted by molar-refractivity contribution is 5.42. The van der Waals surface area contributed by atoms with Crippen LogP contribution in [0.4, 0.5) is 4.39 Å². The molecule has 4 nitrogen and oxygen atoms in total. The number of ether oxygens (including phenoxy) is 1. The zero-order valence-electron chi connectivity index (χ0n) is 13.0. The van der Waals surface area contributed by atoms with E-state index in [1.165, 1.54) is 6.07 Å². The molecule has 0 fully saturated rings. The second-order valence-electron chi connectivity index (χ2n) is 5.31. The molecule has 1 aromatic carbocycles. The highest BCUT2D eigenvalue weighted by Gasteiger charge is 2.16. The van der Waals surface area contributed by atoms with Gasteiger partial charge in [0.05, 0.1) is 0 Å². The Labute approximate surface area is 124 Å². The normalized spacial score (nSPS) is 12.4. The Bertz CT molecular complexity index is 610. The number of hydrogen-bond acceptors (Lipinski definition) is 3. The Kier molecular flexibility index (Phi) is 4.96. The smallest absolute Gasteiger partial charge is 0.238 e. The molecule has 0 amide bonds. The van der Waals surface area contributed by atoms with Gasteiger partial charge in [0, 0.05) is 23.4 Å². The largest absolute Gasteiger partial charge is 0.437 e. The lowest BCUT2D eigenvalue weighted by molar-refractivity contribution is 0.440. The standard InChI is InChI=1S/C16H22FN3O/c1-5-6-18-12(4)13-9-14(17)10(2)7-15(13)21-16-8-11(3)19-20-16/h7-9,12,18H,5-6H2,1-4H3,(H,19,20). The van der Waals surface area contributed by atoms with Crippen LogP contribution in [0.2, 0.25) is 0 Å². The number of aryl methyl sites for hydroxylation is 2. The molecule has 0 aliphatic carbocycles. The van der Waals surface area contributed by atoms with E-state index in [1.54, 1.807) is 13.0 Å². The molecule has 2 aromatic rings. The predicted molar refractivity (Wildman–Crippen MR) is 81.2 cm³/mol. The fourth-order valence-corrected chi connectivity index (χ4v) is 2.13. The molecule has 21 heavy (non-hydrogen) atoms. The van der Waals surface area contributed by atoms with Crippen LogP contribution in [0, 0.1) is 19.7 Å². The summed E-state index contributed by atoms with van der Waals surface area (Å²) in [5.41, 5.74) is 2.28. The monoisotopic (exact) mass is 291 g/mol. The summed E-state index contributed by atoms with van der Waals surface area (Å²) >= 11 is 0. The van der Waals surface area contributed by atoms with E-state index in [2.05, 4.69) is 22.4 Å². The van der Waals surface area contributed by atoms with Crippen molar-refractivity contribution < 1.29 is 9.13 Å². The lowest BCUT2D eigenvalue weighted by atomic mass is 10.0. The predicted octanol–water partition coefficient (Wildman–Crippen LogP) is 4.02. The van der Waals surface area contributed by atoms with Gasteiger partial charge in [0.2, 0.25) is 5.88 Å². The van der Waals surface area contributed by atoms with E-state index >= 15 is 0 Å². The highest BCUT2D eigenvalue weighted by Crippen LogP contribution is 2.31. The van der Waals surface area contributed by atoms with E-state index in [4.69, 9.17) is 4.74 Å². The number of nitrogens with one attached hydrogen (secondary N) is 2. The fraction of sp³-hybridized carbons (Fsp3) is 0.438. The third-order valence-corrected chi connectivity index (χ3v) is 3.36. The van der Waals surface area contributed by atoms with Crippen molar-refractivity contribution >= 4 is 0 Å². The van der Waals surface area contributed by atoms with Crippen LogP contribution in [-0.2, 0) is 0 Å². The topological polar surface area (TPSA) is 49.9 Å². The molecule has 0 saturated carbocycles. The minimum Gasteiger partial charge on any atom is -0.437 e. The van der Waals surface area contributed by atoms with Gasteiger partial charge in [-0.2, -0.15) is 0 Å². The van der Waals surface area contributed by atoms with Crippen LogP contribution in [-0.4, -0.2) is 16.7 Å². The molecule has 0 radical (unpaired) electrons. The second kappa shape index (κ2) is 6.72. The van der Waals surface area contributed by atoms with Crippen molar-refractivity contribution in [2.24, 2.45) is 0 Å². The molecule has 0 bridgehead atoms. The summed E-state index contributed by atoms with van der Waals surface area (Å²) in [7, 11) is 0. The summed E-state index contributed by atoms with van der Waals surface area (Å²) in [6.45, 7) is 8.60. The number of H-pyrrole nitrogens is 1. The van der Waals surface area contributed by atoms with E-state index in [0.717, 1.165) is 24.2 Å². The molecule has 0 spiro atoms. The molecule has 0 aliphatic rings. The number of aromatic amines is 1. The van der Waals surface area contributed by atoms with Gasteiger partial charge in [0.1, 0.15) is 11.6 Å². The molecule has 0 saturated heterocycles. The van der Waals surface area contributed by atoms with E-state index < -0.39 is 0 Å². The maximum atomic E-state index is 13.9. The van der Waals surface area contributed by atoms with Crippen LogP contribution in [0.5, 0.6) is 11.6 Å². The van der Waals surface area contributed by atoms with Crippen molar-refractivity contribution in [3.63, 3.8) is 0 Å². The van der Waals surface area contributed by atoms with Crippen LogP contribution >= 0.6 is 0 Å². The molecule has 2 rings (SSSR count). The molecule has 5 heteroatoms. The van der Waals surface area contributed by atoms with Crippen LogP contribution < -0.4 is 10.1 Å². The molecular formula is C16H22FN3O. The van der Waals surface area contributed by atoms with Crippen molar-refractivity contribution in [2.75, 3.05) is 6.54 Å². The highest BCUT2D eigenvalue weighted by atomic mass is 19.1. The van der Waals surface area contributed by atoms with Gasteiger partial charge < -0.3 is 10.1 Å². The number of nitrogens with zero attached hydrogens (tertiary/aromatic N) is 1. The lowest BCUT2D eigenvalue weighted by Crippen LogP contribution is -2.20. The van der Waals surface area contributed by atoms with E-state index in [-0.39, 0.29) is 11.9 Å². The molecule has 1 atom stereocenters. The van der Waals surface area contributed by atoms with Gasteiger partial charge in [0.25, 0.3) is 0 Å². The first-order valence-electron chi connectivity index (χ1n) is 7.24. The van der Waals surface area contributed by atoms with Crippen molar-refractivity contribution in [3.8, 4) is 11.6 Å². The lowest BCUT2D eigenvalue weighted by Gasteiger charge is -2.18. The molecule has 114 valence electrons. The average molecular weight is 291 g/mol. The molecule has 1 aromatic heterocycles. The molecule has 1 unspecified atom stereocenters. The SMILES string of the molecule is CCCNC(C)c1cc(F)c(C)cc1Oc1cc(C)[nH]n1. The van der Waals surface area contributed by atoms with Crippen LogP contribution in [0.1, 0.15) is 43.1 Å². The summed E-state index contributed by atoms with van der Waals surface area (Å²) in [5, 5.41) is 10.2. The summed E-state index contributed by atoms with van der Waals surface area (Å²) in [5.74, 6) is 0.902. The zero-order valence-corrected chi connectivity index (χ0v) is 13.0. The van der Waals surface area contributed by atoms with Gasteiger partial charge in [0.15, 0.2) is 0 Å². The minimum absolute atomic E-state index is 0.00934. The van der Waals surface area contributed by atoms with Crippen molar-refractivity contribution in [2.45, 2.75) is 40.2 Å². The third-order valence-electron chi connectivity index (χ3n) is 3.36. The van der Waals surface area contributed by atoms with Crippen molar-refractivity contribution in [1.82, 2.24) is 15.5 Å². The summed E-state index contributed by atoms with van der Waals surface area (Å²) in [6.07, 6.45) is 1.02. The van der Waals surface area contributed by atoms with Gasteiger partial charge in [-0.15, -0.1) is 5.10 Å². The quantitative estimate of drug-likeness (QED) is 0.845. The first kappa shape index (κ1) is 15.5. The van der Waals surface area contributed by atoms with Gasteiger partial charge in [-0.05, 0) is 51.4 Å². The van der Waals surface area contributed by atoms with Gasteiger partial charge in [-0.1, -0.05) is 6.92 Å². The molecule has 2 N–H and O–H groups in total. The van der Waals surface area contributed by atoms with Gasteiger partial charge in [-0.3, -0.25) is 5.10 Å². The van der Waals surface area contributed by atoms with Gasteiger partial charge in [-0.25, -0.2) is 4.39 Å². The molecule has 0 aliphatic heterocycles. The van der Waals surface area contributed by atoms with E-state index in [1.807, 2.05) is 19.9 Å². The Balaban J connectivity index is 2.31. The number of hydrogen-bond donors (Lipinski definition) is 2. The molecular weight excluding hydrogens is 269 g/mol. The number of rotatable bonds is 6. The van der Waals surface area contributed by atoms with Crippen molar-refractivity contribution in [1.29, 1.82) is 0 Å². The number of benzene rings is 1. The van der Waals surface area contributed by atoms with Crippen LogP contribution in [0.25, 0.3) is 0 Å². The Morgan fingerprint density at radius 1 is 1.33 bits per heavy atom. The number of aromatic nitrogens is 2. The second-order valence-corrected chi connectivity index (χ2v) is 5.31. The third kappa shape index (κ3) is 3.82. The van der Waals surface area contributed by atoms with Gasteiger partial charge >= 0.3 is 0 Å². The Hall–Kier alpha value is -1.88. The Morgan fingerprint density at radius 2 is 2.10 bits per heavy atom. The average Bonchev–Trinajstić information content (AvgIpc) is 2.85. The minimum atomic E-state index is -0.222. The molecule has 1 heterocycles. The summed E-state index contributed by atoms with van der Waals surface area (Å²) < 4.78 is 19.7. The first-order valence-corrected chi connectivity index (χ1v) is 7.24. The van der Waals surface area contributed by atoms with Crippen LogP contribution in [0.15, 0.2) is 18.2 Å². The fourth-order valence-electron chi connectivity index (χ4n) is 2.13. The first-order chi connectivity index (χ1) is 10.0. The maximum absolute atomic E-state index is 13.9. The number of halogens is 1. The summed E-state index contributed by atoms with van der Waals surface area (Å²) in [4.78, 5) is 0. The van der Waals surface area contributed by atoms with Crippen LogP contribution in [0.3, 0.4) is 0 Å².